The Morgan fingerprint density at radius 3 is 2.26 bits per heavy atom. The molecule has 3 nitrogen and oxygen atoms in total. The van der Waals surface area contributed by atoms with Crippen LogP contribution in [0.4, 0.5) is 4.79 Å². The third-order valence-corrected chi connectivity index (χ3v) is 5.12. The first-order valence-electron chi connectivity index (χ1n) is 8.37. The molecule has 23 heavy (non-hydrogen) atoms. The second-order valence-electron chi connectivity index (χ2n) is 6.49. The topological polar surface area (TPSA) is 29.5 Å². The average molecular weight is 307 g/mol. The minimum absolute atomic E-state index is 0.143. The predicted molar refractivity (Wildman–Crippen MR) is 90.5 cm³/mol. The molecular weight excluding hydrogens is 286 g/mol. The summed E-state index contributed by atoms with van der Waals surface area (Å²) in [5, 5.41) is 0. The van der Waals surface area contributed by atoms with E-state index < -0.39 is 0 Å². The van der Waals surface area contributed by atoms with Gasteiger partial charge in [0.1, 0.15) is 6.61 Å². The first kappa shape index (κ1) is 14.3. The van der Waals surface area contributed by atoms with E-state index in [0.29, 0.717) is 12.6 Å². The number of fused-ring (bicyclic) bond motifs is 3. The summed E-state index contributed by atoms with van der Waals surface area (Å²) in [4.78, 5) is 14.2. The molecule has 2 aliphatic rings. The van der Waals surface area contributed by atoms with E-state index in [1.807, 2.05) is 4.90 Å². The van der Waals surface area contributed by atoms with Crippen molar-refractivity contribution in [1.29, 1.82) is 0 Å². The fourth-order valence-corrected chi connectivity index (χ4v) is 3.88. The van der Waals surface area contributed by atoms with Gasteiger partial charge in [-0.25, -0.2) is 4.79 Å². The van der Waals surface area contributed by atoms with E-state index in [-0.39, 0.29) is 12.0 Å². The molecule has 2 aromatic carbocycles. The minimum atomic E-state index is -0.170. The number of likely N-dealkylation sites (tertiary alicyclic amines) is 1. The SMILES string of the molecule is C[C@H]1CCCN1C(=O)OCC1c2ccccc2-c2ccccc21. The van der Waals surface area contributed by atoms with E-state index in [1.54, 1.807) is 0 Å². The Bertz CT molecular complexity index is 694. The number of rotatable bonds is 2. The summed E-state index contributed by atoms with van der Waals surface area (Å²) in [5.41, 5.74) is 5.05. The maximum Gasteiger partial charge on any atom is 0.410 e. The van der Waals surface area contributed by atoms with Crippen LogP contribution in [-0.2, 0) is 4.74 Å². The standard InChI is InChI=1S/C20H21NO2/c1-14-7-6-12-21(14)20(22)23-13-19-17-10-4-2-8-15(17)16-9-3-5-11-18(16)19/h2-5,8-11,14,19H,6-7,12-13H2,1H3/t14-/m0/s1. The molecule has 0 saturated carbocycles. The number of carbonyl (C=O) groups excluding carboxylic acids is 1. The molecule has 0 radical (unpaired) electrons. The zero-order chi connectivity index (χ0) is 15.8. The van der Waals surface area contributed by atoms with Crippen LogP contribution < -0.4 is 0 Å². The van der Waals surface area contributed by atoms with Gasteiger partial charge in [0, 0.05) is 18.5 Å². The number of nitrogens with zero attached hydrogens (tertiary/aromatic N) is 1. The zero-order valence-corrected chi connectivity index (χ0v) is 13.4. The Kier molecular flexibility index (Phi) is 3.56. The van der Waals surface area contributed by atoms with Gasteiger partial charge in [-0.05, 0) is 42.0 Å². The zero-order valence-electron chi connectivity index (χ0n) is 13.4. The highest BCUT2D eigenvalue weighted by atomic mass is 16.6. The van der Waals surface area contributed by atoms with Crippen LogP contribution in [-0.4, -0.2) is 30.2 Å². The fraction of sp³-hybridized carbons (Fsp3) is 0.350. The van der Waals surface area contributed by atoms with Gasteiger partial charge in [0.25, 0.3) is 0 Å². The lowest BCUT2D eigenvalue weighted by atomic mass is 9.98. The van der Waals surface area contributed by atoms with Crippen molar-refractivity contribution < 1.29 is 9.53 Å². The van der Waals surface area contributed by atoms with E-state index >= 15 is 0 Å². The molecule has 1 aliphatic heterocycles. The van der Waals surface area contributed by atoms with Gasteiger partial charge in [0.15, 0.2) is 0 Å². The van der Waals surface area contributed by atoms with Gasteiger partial charge in [0.05, 0.1) is 0 Å². The molecule has 0 aromatic heterocycles. The van der Waals surface area contributed by atoms with Crippen molar-refractivity contribution in [3.63, 3.8) is 0 Å². The van der Waals surface area contributed by atoms with Crippen molar-refractivity contribution in [2.75, 3.05) is 13.2 Å². The molecule has 0 N–H and O–H groups in total. The van der Waals surface area contributed by atoms with Crippen molar-refractivity contribution in [3.8, 4) is 11.1 Å². The molecule has 1 atom stereocenters. The summed E-state index contributed by atoms with van der Waals surface area (Å²) in [5.74, 6) is 0.143. The largest absolute Gasteiger partial charge is 0.448 e. The second-order valence-corrected chi connectivity index (χ2v) is 6.49. The summed E-state index contributed by atoms with van der Waals surface area (Å²) < 4.78 is 5.68. The average Bonchev–Trinajstić information content (AvgIpc) is 3.14. The Hall–Kier alpha value is -2.29. The van der Waals surface area contributed by atoms with Gasteiger partial charge in [0.2, 0.25) is 0 Å². The second kappa shape index (κ2) is 5.73. The molecule has 1 heterocycles. The van der Waals surface area contributed by atoms with Crippen molar-refractivity contribution in [2.24, 2.45) is 0 Å². The van der Waals surface area contributed by atoms with Gasteiger partial charge in [-0.1, -0.05) is 48.5 Å². The van der Waals surface area contributed by atoms with Crippen LogP contribution >= 0.6 is 0 Å². The van der Waals surface area contributed by atoms with Crippen molar-refractivity contribution in [1.82, 2.24) is 4.90 Å². The van der Waals surface area contributed by atoms with Gasteiger partial charge >= 0.3 is 6.09 Å². The van der Waals surface area contributed by atoms with E-state index in [0.717, 1.165) is 19.4 Å². The van der Waals surface area contributed by atoms with Crippen LogP contribution in [0.25, 0.3) is 11.1 Å². The van der Waals surface area contributed by atoms with Crippen molar-refractivity contribution >= 4 is 6.09 Å². The summed E-state index contributed by atoms with van der Waals surface area (Å²) in [6.07, 6.45) is 1.98. The third kappa shape index (κ3) is 2.40. The Labute approximate surface area is 136 Å². The Morgan fingerprint density at radius 1 is 1.09 bits per heavy atom. The third-order valence-electron chi connectivity index (χ3n) is 5.12. The van der Waals surface area contributed by atoms with Gasteiger partial charge in [-0.3, -0.25) is 0 Å². The smallest absolute Gasteiger partial charge is 0.410 e. The highest BCUT2D eigenvalue weighted by molar-refractivity contribution is 5.79. The van der Waals surface area contributed by atoms with Crippen molar-refractivity contribution in [3.05, 3.63) is 59.7 Å². The van der Waals surface area contributed by atoms with Gasteiger partial charge < -0.3 is 9.64 Å². The molecule has 0 spiro atoms. The lowest BCUT2D eigenvalue weighted by Gasteiger charge is -2.22. The number of hydrogen-bond acceptors (Lipinski definition) is 2. The molecule has 1 aliphatic carbocycles. The maximum atomic E-state index is 12.3. The van der Waals surface area contributed by atoms with Crippen molar-refractivity contribution in [2.45, 2.75) is 31.7 Å². The molecule has 118 valence electrons. The molecule has 1 amide bonds. The van der Waals surface area contributed by atoms with E-state index in [2.05, 4.69) is 55.5 Å². The summed E-state index contributed by atoms with van der Waals surface area (Å²) in [6.45, 7) is 3.32. The highest BCUT2D eigenvalue weighted by Crippen LogP contribution is 2.44. The van der Waals surface area contributed by atoms with Gasteiger partial charge in [-0.15, -0.1) is 0 Å². The molecular formula is C20H21NO2. The molecule has 3 heteroatoms. The lowest BCUT2D eigenvalue weighted by Crippen LogP contribution is -2.34. The fourth-order valence-electron chi connectivity index (χ4n) is 3.88. The molecule has 1 fully saturated rings. The van der Waals surface area contributed by atoms with Crippen LogP contribution in [0.3, 0.4) is 0 Å². The summed E-state index contributed by atoms with van der Waals surface area (Å²) in [6, 6.07) is 17.1. The van der Waals surface area contributed by atoms with Crippen LogP contribution in [0.2, 0.25) is 0 Å². The van der Waals surface area contributed by atoms with Crippen LogP contribution in [0.15, 0.2) is 48.5 Å². The first-order valence-corrected chi connectivity index (χ1v) is 8.37. The monoisotopic (exact) mass is 307 g/mol. The van der Waals surface area contributed by atoms with Crippen LogP contribution in [0.1, 0.15) is 36.8 Å². The quantitative estimate of drug-likeness (QED) is 0.822. The van der Waals surface area contributed by atoms with E-state index in [9.17, 15) is 4.79 Å². The number of ether oxygens (including phenoxy) is 1. The number of hydrogen-bond donors (Lipinski definition) is 0. The summed E-state index contributed by atoms with van der Waals surface area (Å²) in [7, 11) is 0. The minimum Gasteiger partial charge on any atom is -0.448 e. The molecule has 4 rings (SSSR count). The normalized spacial score (nSPS) is 19.5. The van der Waals surface area contributed by atoms with E-state index in [4.69, 9.17) is 4.74 Å². The number of benzene rings is 2. The van der Waals surface area contributed by atoms with Crippen LogP contribution in [0, 0.1) is 0 Å². The highest BCUT2D eigenvalue weighted by Gasteiger charge is 2.31. The van der Waals surface area contributed by atoms with E-state index in [1.165, 1.54) is 22.3 Å². The predicted octanol–water partition coefficient (Wildman–Crippen LogP) is 4.42. The van der Waals surface area contributed by atoms with Crippen LogP contribution in [0.5, 0.6) is 0 Å². The molecule has 0 bridgehead atoms. The number of carbonyl (C=O) groups is 1. The number of amides is 1. The molecule has 1 saturated heterocycles. The lowest BCUT2D eigenvalue weighted by molar-refractivity contribution is 0.0980. The molecule has 0 unspecified atom stereocenters. The summed E-state index contributed by atoms with van der Waals surface area (Å²) >= 11 is 0. The molecule has 2 aromatic rings. The van der Waals surface area contributed by atoms with Gasteiger partial charge in [-0.2, -0.15) is 0 Å². The first-order chi connectivity index (χ1) is 11.3. The maximum absolute atomic E-state index is 12.3. The Balaban J connectivity index is 1.56. The Morgan fingerprint density at radius 2 is 1.70 bits per heavy atom.